The Hall–Kier alpha value is -3.43. The summed E-state index contributed by atoms with van der Waals surface area (Å²) in [6, 6.07) is 15.4. The second-order valence-electron chi connectivity index (χ2n) is 7.89. The number of aliphatic carboxylic acids is 1. The van der Waals surface area contributed by atoms with E-state index in [-0.39, 0.29) is 36.7 Å². The Kier molecular flexibility index (Phi) is 10.0. The Morgan fingerprint density at radius 2 is 1.79 bits per heavy atom. The van der Waals surface area contributed by atoms with Crippen LogP contribution < -0.4 is 20.9 Å². The maximum atomic E-state index is 12.8. The molecule has 182 valence electrons. The SMILES string of the molecule is CNC(=O)[C@@H]1CCCN1c1ccc(C(=N)NC(=O)[C@@H](Cc2ccccc2)NCC(=O)O)cc1.Cl. The second-order valence-corrected chi connectivity index (χ2v) is 7.89. The fourth-order valence-electron chi connectivity index (χ4n) is 3.93. The average Bonchev–Trinajstić information content (AvgIpc) is 3.31. The van der Waals surface area contributed by atoms with Gasteiger partial charge in [0.05, 0.1) is 12.6 Å². The van der Waals surface area contributed by atoms with Crippen LogP contribution >= 0.6 is 12.4 Å². The summed E-state index contributed by atoms with van der Waals surface area (Å²) in [4.78, 5) is 37.9. The van der Waals surface area contributed by atoms with E-state index in [1.165, 1.54) is 0 Å². The van der Waals surface area contributed by atoms with Crippen molar-refractivity contribution in [3.63, 3.8) is 0 Å². The summed E-state index contributed by atoms with van der Waals surface area (Å²) in [5, 5.41) is 25.3. The molecular formula is C24H30ClN5O4. The zero-order chi connectivity index (χ0) is 23.8. The Balaban J connectivity index is 0.00000408. The predicted molar refractivity (Wildman–Crippen MR) is 133 cm³/mol. The van der Waals surface area contributed by atoms with Gasteiger partial charge in [-0.05, 0) is 49.1 Å². The molecule has 0 aromatic heterocycles. The molecule has 1 fully saturated rings. The minimum Gasteiger partial charge on any atom is -0.480 e. The lowest BCUT2D eigenvalue weighted by molar-refractivity contribution is -0.136. The lowest BCUT2D eigenvalue weighted by Crippen LogP contribution is -2.49. The summed E-state index contributed by atoms with van der Waals surface area (Å²) in [7, 11) is 1.63. The van der Waals surface area contributed by atoms with Crippen molar-refractivity contribution in [2.45, 2.75) is 31.3 Å². The van der Waals surface area contributed by atoms with Crippen molar-refractivity contribution in [1.82, 2.24) is 16.0 Å². The van der Waals surface area contributed by atoms with Crippen molar-refractivity contribution in [2.75, 3.05) is 25.0 Å². The summed E-state index contributed by atoms with van der Waals surface area (Å²) < 4.78 is 0. The lowest BCUT2D eigenvalue weighted by Gasteiger charge is -2.25. The molecule has 3 rings (SSSR count). The lowest BCUT2D eigenvalue weighted by atomic mass is 10.0. The van der Waals surface area contributed by atoms with Crippen LogP contribution in [0.3, 0.4) is 0 Å². The zero-order valence-electron chi connectivity index (χ0n) is 18.9. The summed E-state index contributed by atoms with van der Waals surface area (Å²) in [6.45, 7) is 0.414. The molecule has 2 amide bonds. The number of amidine groups is 1. The number of rotatable bonds is 9. The van der Waals surface area contributed by atoms with Crippen LogP contribution in [0.4, 0.5) is 5.69 Å². The van der Waals surface area contributed by atoms with Gasteiger partial charge in [0.1, 0.15) is 11.9 Å². The molecule has 2 atom stereocenters. The number of carboxylic acids is 1. The van der Waals surface area contributed by atoms with Gasteiger partial charge in [-0.2, -0.15) is 0 Å². The quantitative estimate of drug-likeness (QED) is 0.269. The monoisotopic (exact) mass is 487 g/mol. The third-order valence-corrected chi connectivity index (χ3v) is 5.64. The number of benzene rings is 2. The van der Waals surface area contributed by atoms with Gasteiger partial charge in [-0.25, -0.2) is 0 Å². The number of anilines is 1. The minimum absolute atomic E-state index is 0. The number of hydrogen-bond acceptors (Lipinski definition) is 6. The molecule has 2 aromatic rings. The van der Waals surface area contributed by atoms with Crippen molar-refractivity contribution < 1.29 is 19.5 Å². The number of hydrogen-bond donors (Lipinski definition) is 5. The first-order valence-corrected chi connectivity index (χ1v) is 10.9. The molecule has 1 saturated heterocycles. The van der Waals surface area contributed by atoms with Crippen LogP contribution in [0.5, 0.6) is 0 Å². The van der Waals surface area contributed by atoms with Crippen molar-refractivity contribution in [2.24, 2.45) is 0 Å². The number of amides is 2. The molecular weight excluding hydrogens is 458 g/mol. The summed E-state index contributed by atoms with van der Waals surface area (Å²) in [6.07, 6.45) is 2.01. The van der Waals surface area contributed by atoms with E-state index in [0.717, 1.165) is 30.6 Å². The first-order valence-electron chi connectivity index (χ1n) is 10.9. The molecule has 0 saturated carbocycles. The fraction of sp³-hybridized carbons (Fsp3) is 0.333. The van der Waals surface area contributed by atoms with Gasteiger partial charge in [0.2, 0.25) is 11.8 Å². The molecule has 34 heavy (non-hydrogen) atoms. The van der Waals surface area contributed by atoms with Crippen LogP contribution in [0, 0.1) is 5.41 Å². The van der Waals surface area contributed by atoms with Crippen molar-refractivity contribution >= 4 is 41.7 Å². The van der Waals surface area contributed by atoms with Gasteiger partial charge < -0.3 is 20.6 Å². The smallest absolute Gasteiger partial charge is 0.317 e. The van der Waals surface area contributed by atoms with Crippen LogP contribution in [-0.4, -0.2) is 60.9 Å². The second kappa shape index (κ2) is 12.7. The number of carboxylic acid groups (broad SMARTS) is 1. The van der Waals surface area contributed by atoms with Crippen molar-refractivity contribution in [1.29, 1.82) is 5.41 Å². The van der Waals surface area contributed by atoms with Gasteiger partial charge in [-0.1, -0.05) is 30.3 Å². The normalized spacial score (nSPS) is 15.7. The Morgan fingerprint density at radius 1 is 1.12 bits per heavy atom. The number of carbonyl (C=O) groups excluding carboxylic acids is 2. The van der Waals surface area contributed by atoms with E-state index in [1.54, 1.807) is 19.2 Å². The third kappa shape index (κ3) is 7.03. The van der Waals surface area contributed by atoms with Gasteiger partial charge in [-0.15, -0.1) is 12.4 Å². The molecule has 0 radical (unpaired) electrons. The van der Waals surface area contributed by atoms with Crippen LogP contribution in [0.15, 0.2) is 54.6 Å². The van der Waals surface area contributed by atoms with E-state index >= 15 is 0 Å². The van der Waals surface area contributed by atoms with E-state index in [2.05, 4.69) is 16.0 Å². The maximum absolute atomic E-state index is 12.8. The molecule has 0 spiro atoms. The number of halogens is 1. The highest BCUT2D eigenvalue weighted by atomic mass is 35.5. The molecule has 9 nitrogen and oxygen atoms in total. The Morgan fingerprint density at radius 3 is 2.41 bits per heavy atom. The first kappa shape index (κ1) is 26.8. The Bertz CT molecular complexity index is 1000. The molecule has 1 aliphatic heterocycles. The van der Waals surface area contributed by atoms with Crippen LogP contribution in [-0.2, 0) is 20.8 Å². The van der Waals surface area contributed by atoms with Gasteiger partial charge in [0.25, 0.3) is 0 Å². The van der Waals surface area contributed by atoms with E-state index in [0.29, 0.717) is 12.0 Å². The van der Waals surface area contributed by atoms with E-state index < -0.39 is 17.9 Å². The van der Waals surface area contributed by atoms with E-state index in [9.17, 15) is 14.4 Å². The minimum atomic E-state index is -1.07. The maximum Gasteiger partial charge on any atom is 0.317 e. The molecule has 10 heteroatoms. The van der Waals surface area contributed by atoms with Gasteiger partial charge in [0.15, 0.2) is 0 Å². The molecule has 5 N–H and O–H groups in total. The highest BCUT2D eigenvalue weighted by molar-refractivity contribution is 6.07. The van der Waals surface area contributed by atoms with Crippen LogP contribution in [0.1, 0.15) is 24.0 Å². The topological polar surface area (TPSA) is 135 Å². The summed E-state index contributed by atoms with van der Waals surface area (Å²) >= 11 is 0. The number of nitrogens with zero attached hydrogens (tertiary/aromatic N) is 1. The standard InChI is InChI=1S/C24H29N5O4.ClH/c1-26-24(33)20-8-5-13-29(20)18-11-9-17(10-12-18)22(25)28-23(32)19(27-15-21(30)31)14-16-6-3-2-4-7-16;/h2-4,6-7,9-12,19-20,27H,5,8,13-15H2,1H3,(H,26,33)(H,30,31)(H2,25,28,32);1H/t19-,20+;/m1./s1. The molecule has 0 unspecified atom stereocenters. The molecule has 0 aliphatic carbocycles. The van der Waals surface area contributed by atoms with E-state index in [1.807, 2.05) is 47.4 Å². The van der Waals surface area contributed by atoms with Gasteiger partial charge in [0, 0.05) is 24.8 Å². The summed E-state index contributed by atoms with van der Waals surface area (Å²) in [5.41, 5.74) is 2.27. The number of likely N-dealkylation sites (N-methyl/N-ethyl adjacent to an activating group) is 1. The largest absolute Gasteiger partial charge is 0.480 e. The molecule has 1 aliphatic rings. The average molecular weight is 488 g/mol. The van der Waals surface area contributed by atoms with E-state index in [4.69, 9.17) is 10.5 Å². The van der Waals surface area contributed by atoms with Crippen LogP contribution in [0.2, 0.25) is 0 Å². The highest BCUT2D eigenvalue weighted by Gasteiger charge is 2.30. The summed E-state index contributed by atoms with van der Waals surface area (Å²) in [5.74, 6) is -1.64. The number of carbonyl (C=O) groups is 3. The van der Waals surface area contributed by atoms with Crippen molar-refractivity contribution in [3.05, 3.63) is 65.7 Å². The predicted octanol–water partition coefficient (Wildman–Crippen LogP) is 1.55. The zero-order valence-corrected chi connectivity index (χ0v) is 19.7. The fourth-order valence-corrected chi connectivity index (χ4v) is 3.93. The molecule has 2 aromatic carbocycles. The third-order valence-electron chi connectivity index (χ3n) is 5.64. The Labute approximate surface area is 204 Å². The highest BCUT2D eigenvalue weighted by Crippen LogP contribution is 2.26. The van der Waals surface area contributed by atoms with Gasteiger partial charge >= 0.3 is 5.97 Å². The first-order chi connectivity index (χ1) is 15.9. The van der Waals surface area contributed by atoms with Crippen molar-refractivity contribution in [3.8, 4) is 0 Å². The van der Waals surface area contributed by atoms with Gasteiger partial charge in [-0.3, -0.25) is 25.1 Å². The number of nitrogens with one attached hydrogen (secondary N) is 4. The molecule has 1 heterocycles. The molecule has 0 bridgehead atoms. The van der Waals surface area contributed by atoms with Crippen LogP contribution in [0.25, 0.3) is 0 Å².